The number of aliphatic hydroxyl groups is 1. The summed E-state index contributed by atoms with van der Waals surface area (Å²) in [5.74, 6) is 0.592. The van der Waals surface area contributed by atoms with Crippen molar-refractivity contribution >= 4 is 43.6 Å². The first-order valence-electron chi connectivity index (χ1n) is 5.31. The summed E-state index contributed by atoms with van der Waals surface area (Å²) in [6, 6.07) is 8.03. The molecule has 2 rings (SSSR count). The smallest absolute Gasteiger partial charge is 0.106 e. The van der Waals surface area contributed by atoms with Gasteiger partial charge in [0, 0.05) is 22.2 Å². The molecule has 2 aromatic rings. The number of nitrogens with zero attached hydrogens (tertiary/aromatic N) is 2. The van der Waals surface area contributed by atoms with E-state index in [0.717, 1.165) is 19.5 Å². The van der Waals surface area contributed by atoms with E-state index in [1.54, 1.807) is 22.6 Å². The Morgan fingerprint density at radius 2 is 2.22 bits per heavy atom. The van der Waals surface area contributed by atoms with Gasteiger partial charge in [-0.15, -0.1) is 11.8 Å². The standard InChI is InChI=1S/C12H12Br2N2OS/c1-16-12(10(14)6-15-16)11(17)7-18-9-4-2-3-8(13)5-9/h2-6,11,17H,7H2,1H3. The second kappa shape index (κ2) is 6.23. The number of rotatable bonds is 4. The molecule has 0 amide bonds. The van der Waals surface area contributed by atoms with Gasteiger partial charge in [0.05, 0.1) is 16.4 Å². The third-order valence-electron chi connectivity index (χ3n) is 2.46. The quantitative estimate of drug-likeness (QED) is 0.806. The van der Waals surface area contributed by atoms with Crippen molar-refractivity contribution in [3.8, 4) is 0 Å². The van der Waals surface area contributed by atoms with Crippen molar-refractivity contribution in [1.29, 1.82) is 0 Å². The van der Waals surface area contributed by atoms with Crippen molar-refractivity contribution in [1.82, 2.24) is 9.78 Å². The molecule has 1 aromatic heterocycles. The van der Waals surface area contributed by atoms with E-state index in [0.29, 0.717) is 5.75 Å². The van der Waals surface area contributed by atoms with Crippen LogP contribution in [0.25, 0.3) is 0 Å². The number of hydrogen-bond donors (Lipinski definition) is 1. The molecule has 18 heavy (non-hydrogen) atoms. The molecule has 0 saturated carbocycles. The zero-order valence-electron chi connectivity index (χ0n) is 9.68. The average molecular weight is 392 g/mol. The Labute approximate surface area is 127 Å². The van der Waals surface area contributed by atoms with Gasteiger partial charge in [-0.1, -0.05) is 22.0 Å². The summed E-state index contributed by atoms with van der Waals surface area (Å²) in [7, 11) is 1.83. The van der Waals surface area contributed by atoms with Crippen LogP contribution in [0.5, 0.6) is 0 Å². The maximum absolute atomic E-state index is 10.2. The SMILES string of the molecule is Cn1ncc(Br)c1C(O)CSc1cccc(Br)c1. The van der Waals surface area contributed by atoms with Crippen molar-refractivity contribution in [2.24, 2.45) is 7.05 Å². The van der Waals surface area contributed by atoms with Crippen molar-refractivity contribution in [2.45, 2.75) is 11.0 Å². The summed E-state index contributed by atoms with van der Waals surface area (Å²) in [5, 5.41) is 14.3. The van der Waals surface area contributed by atoms with Crippen LogP contribution in [-0.4, -0.2) is 20.6 Å². The molecule has 1 aromatic carbocycles. The van der Waals surface area contributed by atoms with Crippen LogP contribution in [0.4, 0.5) is 0 Å². The summed E-state index contributed by atoms with van der Waals surface area (Å²) in [5.41, 5.74) is 0.803. The Hall–Kier alpha value is -0.300. The molecule has 96 valence electrons. The number of thioether (sulfide) groups is 1. The van der Waals surface area contributed by atoms with E-state index in [-0.39, 0.29) is 0 Å². The van der Waals surface area contributed by atoms with Crippen LogP contribution < -0.4 is 0 Å². The normalized spacial score (nSPS) is 12.7. The average Bonchev–Trinajstić information content (AvgIpc) is 2.66. The zero-order chi connectivity index (χ0) is 13.1. The lowest BCUT2D eigenvalue weighted by Gasteiger charge is -2.11. The molecule has 3 nitrogen and oxygen atoms in total. The van der Waals surface area contributed by atoms with Gasteiger partial charge < -0.3 is 5.11 Å². The largest absolute Gasteiger partial charge is 0.386 e. The minimum absolute atomic E-state index is 0.546. The molecule has 1 unspecified atom stereocenters. The van der Waals surface area contributed by atoms with Crippen LogP contribution in [0.15, 0.2) is 44.3 Å². The van der Waals surface area contributed by atoms with E-state index in [9.17, 15) is 5.11 Å². The molecule has 0 fully saturated rings. The summed E-state index contributed by atoms with van der Waals surface area (Å²) in [6.45, 7) is 0. The van der Waals surface area contributed by atoms with E-state index < -0.39 is 6.10 Å². The lowest BCUT2D eigenvalue weighted by Crippen LogP contribution is -2.08. The van der Waals surface area contributed by atoms with Crippen LogP contribution in [0, 0.1) is 0 Å². The van der Waals surface area contributed by atoms with Gasteiger partial charge in [0.1, 0.15) is 6.10 Å². The number of aliphatic hydroxyl groups excluding tert-OH is 1. The highest BCUT2D eigenvalue weighted by Gasteiger charge is 2.16. The number of aryl methyl sites for hydroxylation is 1. The maximum atomic E-state index is 10.2. The van der Waals surface area contributed by atoms with Crippen molar-refractivity contribution in [3.05, 3.63) is 45.1 Å². The first-order chi connectivity index (χ1) is 8.58. The van der Waals surface area contributed by atoms with E-state index >= 15 is 0 Å². The molecule has 1 N–H and O–H groups in total. The van der Waals surface area contributed by atoms with E-state index in [2.05, 4.69) is 37.0 Å². The highest BCUT2D eigenvalue weighted by Crippen LogP contribution is 2.29. The van der Waals surface area contributed by atoms with Crippen LogP contribution in [0.3, 0.4) is 0 Å². The van der Waals surface area contributed by atoms with Gasteiger partial charge in [-0.05, 0) is 34.1 Å². The molecule has 0 aliphatic heterocycles. The van der Waals surface area contributed by atoms with Gasteiger partial charge in [-0.3, -0.25) is 4.68 Å². The second-order valence-electron chi connectivity index (χ2n) is 3.79. The maximum Gasteiger partial charge on any atom is 0.106 e. The van der Waals surface area contributed by atoms with Crippen LogP contribution in [0.2, 0.25) is 0 Å². The summed E-state index contributed by atoms with van der Waals surface area (Å²) in [6.07, 6.45) is 1.15. The Balaban J connectivity index is 2.03. The van der Waals surface area contributed by atoms with E-state index in [1.807, 2.05) is 31.3 Å². The molecule has 0 aliphatic carbocycles. The molecule has 0 spiro atoms. The molecule has 1 heterocycles. The summed E-state index contributed by atoms with van der Waals surface area (Å²) in [4.78, 5) is 1.13. The van der Waals surface area contributed by atoms with Gasteiger partial charge in [0.15, 0.2) is 0 Å². The highest BCUT2D eigenvalue weighted by molar-refractivity contribution is 9.10. The second-order valence-corrected chi connectivity index (χ2v) is 6.65. The first-order valence-corrected chi connectivity index (χ1v) is 7.89. The Bertz CT molecular complexity index is 525. The lowest BCUT2D eigenvalue weighted by atomic mass is 10.3. The van der Waals surface area contributed by atoms with Gasteiger partial charge >= 0.3 is 0 Å². The molecular formula is C12H12Br2N2OS. The fraction of sp³-hybridized carbons (Fsp3) is 0.250. The Kier molecular flexibility index (Phi) is 4.89. The van der Waals surface area contributed by atoms with Gasteiger partial charge in [-0.2, -0.15) is 5.10 Å². The first kappa shape index (κ1) is 14.1. The molecular weight excluding hydrogens is 380 g/mol. The molecule has 6 heteroatoms. The number of halogens is 2. The van der Waals surface area contributed by atoms with Gasteiger partial charge in [0.2, 0.25) is 0 Å². The van der Waals surface area contributed by atoms with Crippen LogP contribution in [-0.2, 0) is 7.05 Å². The minimum atomic E-state index is -0.546. The van der Waals surface area contributed by atoms with Crippen LogP contribution >= 0.6 is 43.6 Å². The predicted octanol–water partition coefficient (Wildman–Crippen LogP) is 3.77. The Morgan fingerprint density at radius 1 is 1.44 bits per heavy atom. The summed E-state index contributed by atoms with van der Waals surface area (Å²) >= 11 is 8.45. The molecule has 0 saturated heterocycles. The lowest BCUT2D eigenvalue weighted by molar-refractivity contribution is 0.193. The number of aromatic nitrogens is 2. The van der Waals surface area contributed by atoms with Crippen LogP contribution in [0.1, 0.15) is 11.8 Å². The zero-order valence-corrected chi connectivity index (χ0v) is 13.7. The fourth-order valence-corrected chi connectivity index (χ4v) is 3.66. The molecule has 0 bridgehead atoms. The van der Waals surface area contributed by atoms with Crippen molar-refractivity contribution in [2.75, 3.05) is 5.75 Å². The highest BCUT2D eigenvalue weighted by atomic mass is 79.9. The fourth-order valence-electron chi connectivity index (χ4n) is 1.61. The van der Waals surface area contributed by atoms with Gasteiger partial charge in [0.25, 0.3) is 0 Å². The Morgan fingerprint density at radius 3 is 2.83 bits per heavy atom. The van der Waals surface area contributed by atoms with E-state index in [4.69, 9.17) is 0 Å². The number of hydrogen-bond acceptors (Lipinski definition) is 3. The van der Waals surface area contributed by atoms with Gasteiger partial charge in [-0.25, -0.2) is 0 Å². The van der Waals surface area contributed by atoms with Crippen molar-refractivity contribution < 1.29 is 5.11 Å². The minimum Gasteiger partial charge on any atom is -0.386 e. The third-order valence-corrected chi connectivity index (χ3v) is 4.63. The third kappa shape index (κ3) is 3.38. The topological polar surface area (TPSA) is 38.0 Å². The van der Waals surface area contributed by atoms with E-state index in [1.165, 1.54) is 0 Å². The molecule has 1 atom stereocenters. The number of benzene rings is 1. The predicted molar refractivity (Wildman–Crippen MR) is 80.7 cm³/mol. The monoisotopic (exact) mass is 390 g/mol. The molecule has 0 radical (unpaired) electrons. The summed E-state index contributed by atoms with van der Waals surface area (Å²) < 4.78 is 3.58. The van der Waals surface area contributed by atoms with Crippen molar-refractivity contribution in [3.63, 3.8) is 0 Å². The molecule has 0 aliphatic rings.